The first kappa shape index (κ1) is 14.4. The Bertz CT molecular complexity index is 526. The Morgan fingerprint density at radius 2 is 2.05 bits per heavy atom. The zero-order valence-electron chi connectivity index (χ0n) is 12.7. The van der Waals surface area contributed by atoms with Crippen molar-refractivity contribution in [2.24, 2.45) is 0 Å². The van der Waals surface area contributed by atoms with E-state index in [1.54, 1.807) is 0 Å². The van der Waals surface area contributed by atoms with E-state index in [1.807, 2.05) is 55.6 Å². The molecule has 114 valence electrons. The van der Waals surface area contributed by atoms with E-state index in [2.05, 4.69) is 28.4 Å². The van der Waals surface area contributed by atoms with Crippen LogP contribution in [0.25, 0.3) is 0 Å². The van der Waals surface area contributed by atoms with Crippen molar-refractivity contribution in [1.82, 2.24) is 20.0 Å². The van der Waals surface area contributed by atoms with E-state index in [4.69, 9.17) is 4.74 Å². The quantitative estimate of drug-likeness (QED) is 0.833. The Labute approximate surface area is 130 Å². The van der Waals surface area contributed by atoms with Crippen LogP contribution in [-0.2, 0) is 4.74 Å². The molecule has 1 atom stereocenters. The van der Waals surface area contributed by atoms with Crippen molar-refractivity contribution in [2.75, 3.05) is 40.0 Å². The molecule has 3 aliphatic heterocycles. The number of rotatable bonds is 2. The molecule has 1 N–H and O–H groups in total. The van der Waals surface area contributed by atoms with E-state index in [9.17, 15) is 0 Å². The summed E-state index contributed by atoms with van der Waals surface area (Å²) < 4.78 is 6.17. The molecule has 3 aliphatic rings. The molecule has 3 rings (SSSR count). The van der Waals surface area contributed by atoms with Gasteiger partial charge in [0, 0.05) is 63.9 Å². The Morgan fingerprint density at radius 1 is 1.19 bits per heavy atom. The van der Waals surface area contributed by atoms with E-state index in [0.29, 0.717) is 5.25 Å². The fourth-order valence-corrected chi connectivity index (χ4v) is 3.82. The molecule has 1 saturated heterocycles. The molecule has 5 nitrogen and oxygen atoms in total. The van der Waals surface area contributed by atoms with Crippen molar-refractivity contribution in [3.8, 4) is 0 Å². The lowest BCUT2D eigenvalue weighted by molar-refractivity contribution is 0.244. The van der Waals surface area contributed by atoms with Crippen molar-refractivity contribution in [2.45, 2.75) is 5.25 Å². The molecule has 1 fully saturated rings. The van der Waals surface area contributed by atoms with Crippen molar-refractivity contribution in [3.05, 3.63) is 48.2 Å². The summed E-state index contributed by atoms with van der Waals surface area (Å²) in [5, 5.41) is 3.64. The number of nitrogens with one attached hydrogen (secondary N) is 1. The predicted octanol–water partition coefficient (Wildman–Crippen LogP) is 1.53. The van der Waals surface area contributed by atoms with Gasteiger partial charge in [-0.1, -0.05) is 0 Å². The highest BCUT2D eigenvalue weighted by Crippen LogP contribution is 2.31. The van der Waals surface area contributed by atoms with Gasteiger partial charge in [-0.3, -0.25) is 0 Å². The van der Waals surface area contributed by atoms with E-state index >= 15 is 0 Å². The van der Waals surface area contributed by atoms with E-state index in [0.717, 1.165) is 36.1 Å². The van der Waals surface area contributed by atoms with Gasteiger partial charge in [0.2, 0.25) is 0 Å². The topological polar surface area (TPSA) is 31.0 Å². The average Bonchev–Trinajstić information content (AvgIpc) is 2.46. The van der Waals surface area contributed by atoms with Gasteiger partial charge in [-0.2, -0.15) is 0 Å². The molecule has 0 aliphatic carbocycles. The lowest BCUT2D eigenvalue weighted by Gasteiger charge is -2.33. The monoisotopic (exact) mass is 306 g/mol. The van der Waals surface area contributed by atoms with Gasteiger partial charge in [0.05, 0.1) is 10.9 Å². The van der Waals surface area contributed by atoms with Crippen LogP contribution in [0.3, 0.4) is 0 Å². The number of ether oxygens (including phenoxy) is 1. The maximum atomic E-state index is 6.17. The second kappa shape index (κ2) is 6.07. The van der Waals surface area contributed by atoms with Gasteiger partial charge in [-0.15, -0.1) is 11.8 Å². The average molecular weight is 306 g/mol. The molecule has 1 unspecified atom stereocenters. The molecule has 3 heterocycles. The molecular weight excluding hydrogens is 284 g/mol. The molecule has 0 bridgehead atoms. The first-order valence-corrected chi connectivity index (χ1v) is 8.17. The minimum absolute atomic E-state index is 0.396. The Morgan fingerprint density at radius 3 is 2.81 bits per heavy atom. The van der Waals surface area contributed by atoms with Crippen LogP contribution in [0.15, 0.2) is 48.2 Å². The van der Waals surface area contributed by atoms with Gasteiger partial charge in [0.1, 0.15) is 5.76 Å². The van der Waals surface area contributed by atoms with Crippen molar-refractivity contribution in [3.63, 3.8) is 0 Å². The minimum atomic E-state index is 0.396. The third-order valence-electron chi connectivity index (χ3n) is 3.61. The number of nitrogens with zero attached hydrogens (tertiary/aromatic N) is 3. The molecule has 21 heavy (non-hydrogen) atoms. The van der Waals surface area contributed by atoms with Crippen LogP contribution < -0.4 is 5.32 Å². The lowest BCUT2D eigenvalue weighted by atomic mass is 10.2. The van der Waals surface area contributed by atoms with Crippen LogP contribution in [0, 0.1) is 0 Å². The molecule has 0 aromatic rings. The first-order valence-electron chi connectivity index (χ1n) is 7.12. The second-order valence-electron chi connectivity index (χ2n) is 5.58. The van der Waals surface area contributed by atoms with Crippen LogP contribution >= 0.6 is 11.8 Å². The molecule has 0 amide bonds. The van der Waals surface area contributed by atoms with Gasteiger partial charge in [0.15, 0.2) is 5.76 Å². The van der Waals surface area contributed by atoms with E-state index in [-0.39, 0.29) is 0 Å². The van der Waals surface area contributed by atoms with Crippen LogP contribution in [0.4, 0.5) is 0 Å². The molecule has 0 radical (unpaired) electrons. The van der Waals surface area contributed by atoms with E-state index in [1.165, 1.54) is 0 Å². The van der Waals surface area contributed by atoms with Crippen molar-refractivity contribution in [1.29, 1.82) is 0 Å². The summed E-state index contributed by atoms with van der Waals surface area (Å²) in [5.41, 5.74) is 0.978. The zero-order valence-corrected chi connectivity index (χ0v) is 13.6. The summed E-state index contributed by atoms with van der Waals surface area (Å²) in [6, 6.07) is 0. The minimum Gasteiger partial charge on any atom is -0.455 e. The molecule has 0 saturated carbocycles. The van der Waals surface area contributed by atoms with Crippen LogP contribution in [0.2, 0.25) is 0 Å². The number of hydrogen-bond acceptors (Lipinski definition) is 6. The molecule has 0 spiro atoms. The van der Waals surface area contributed by atoms with Crippen LogP contribution in [0.1, 0.15) is 0 Å². The fraction of sp³-hybridized carbons (Fsp3) is 0.467. The Balaban J connectivity index is 1.74. The molecule has 0 aromatic heterocycles. The highest BCUT2D eigenvalue weighted by atomic mass is 32.2. The highest BCUT2D eigenvalue weighted by molar-refractivity contribution is 8.00. The fourth-order valence-electron chi connectivity index (χ4n) is 2.49. The van der Waals surface area contributed by atoms with Crippen LogP contribution in [0.5, 0.6) is 0 Å². The van der Waals surface area contributed by atoms with Gasteiger partial charge >= 0.3 is 0 Å². The summed E-state index contributed by atoms with van der Waals surface area (Å²) >= 11 is 1.97. The van der Waals surface area contributed by atoms with Gasteiger partial charge in [0.25, 0.3) is 0 Å². The third kappa shape index (κ3) is 3.39. The van der Waals surface area contributed by atoms with E-state index < -0.39 is 0 Å². The Kier molecular flexibility index (Phi) is 4.17. The second-order valence-corrected chi connectivity index (χ2v) is 6.89. The molecule has 6 heteroatoms. The first-order chi connectivity index (χ1) is 10.1. The molecular formula is C15H22N4OS. The number of hydrogen-bond donors (Lipinski definition) is 1. The zero-order chi connectivity index (χ0) is 14.8. The summed E-state index contributed by atoms with van der Waals surface area (Å²) in [4.78, 5) is 6.44. The number of thioether (sulfide) groups is 1. The van der Waals surface area contributed by atoms with Crippen LogP contribution in [-0.4, -0.2) is 59.9 Å². The maximum absolute atomic E-state index is 6.17. The molecule has 0 aromatic carbocycles. The maximum Gasteiger partial charge on any atom is 0.168 e. The van der Waals surface area contributed by atoms with Crippen molar-refractivity contribution < 1.29 is 4.74 Å². The van der Waals surface area contributed by atoms with Gasteiger partial charge in [-0.05, 0) is 7.05 Å². The lowest BCUT2D eigenvalue weighted by Crippen LogP contribution is -2.37. The summed E-state index contributed by atoms with van der Waals surface area (Å²) in [5.74, 6) is 3.04. The third-order valence-corrected chi connectivity index (χ3v) is 4.82. The largest absolute Gasteiger partial charge is 0.455 e. The normalized spacial score (nSPS) is 26.6. The summed E-state index contributed by atoms with van der Waals surface area (Å²) in [6.07, 6.45) is 10.0. The predicted molar refractivity (Wildman–Crippen MR) is 86.9 cm³/mol. The van der Waals surface area contributed by atoms with Gasteiger partial charge < -0.3 is 24.8 Å². The highest BCUT2D eigenvalue weighted by Gasteiger charge is 2.27. The summed E-state index contributed by atoms with van der Waals surface area (Å²) in [6.45, 7) is 2.18. The smallest absolute Gasteiger partial charge is 0.168 e. The SMILES string of the molecule is CN1C=CNC(C2=CN(C)C=C(C3CN(C)CCS3)O2)=C1. The van der Waals surface area contributed by atoms with Crippen molar-refractivity contribution >= 4 is 11.8 Å². The standard InChI is InChI=1S/C15H22N4OS/c1-17-5-4-16-12(8-17)13-9-19(3)10-14(20-13)15-11-18(2)6-7-21-15/h4-5,8-10,15-16H,6-7,11H2,1-3H3. The Hall–Kier alpha value is -1.53. The van der Waals surface area contributed by atoms with Gasteiger partial charge in [-0.25, -0.2) is 0 Å². The summed E-state index contributed by atoms with van der Waals surface area (Å²) in [7, 11) is 6.22.